The molecule has 3 rings (SSSR count). The highest BCUT2D eigenvalue weighted by Gasteiger charge is 2.21. The number of benzene rings is 1. The van der Waals surface area contributed by atoms with Gasteiger partial charge >= 0.3 is 5.97 Å². The molecule has 1 aliphatic heterocycles. The Balaban J connectivity index is 1.70. The van der Waals surface area contributed by atoms with Gasteiger partial charge in [-0.3, -0.25) is 9.59 Å². The van der Waals surface area contributed by atoms with Crippen molar-refractivity contribution in [2.45, 2.75) is 19.3 Å². The predicted octanol–water partition coefficient (Wildman–Crippen LogP) is 4.07. The number of piperidine rings is 1. The molecule has 1 aromatic heterocycles. The van der Waals surface area contributed by atoms with Crippen molar-refractivity contribution in [1.29, 1.82) is 0 Å². The Morgan fingerprint density at radius 3 is 2.44 bits per heavy atom. The Morgan fingerprint density at radius 1 is 1.07 bits per heavy atom. The van der Waals surface area contributed by atoms with Gasteiger partial charge in [-0.05, 0) is 49.6 Å². The van der Waals surface area contributed by atoms with Crippen molar-refractivity contribution in [2.24, 2.45) is 0 Å². The van der Waals surface area contributed by atoms with E-state index in [1.165, 1.54) is 7.11 Å². The molecule has 1 aromatic carbocycles. The van der Waals surface area contributed by atoms with Crippen molar-refractivity contribution in [3.05, 3.63) is 50.7 Å². The zero-order valence-electron chi connectivity index (χ0n) is 14.8. The fraction of sp³-hybridized carbons (Fsp3) is 0.316. The summed E-state index contributed by atoms with van der Waals surface area (Å²) in [5, 5.41) is 3.02. The van der Waals surface area contributed by atoms with Crippen LogP contribution in [0.15, 0.2) is 30.3 Å². The molecule has 0 saturated carbocycles. The first-order valence-corrected chi connectivity index (χ1v) is 9.77. The first kappa shape index (κ1) is 19.4. The van der Waals surface area contributed by atoms with Gasteiger partial charge in [0.1, 0.15) is 4.88 Å². The Hall–Kier alpha value is -2.38. The number of hydrogen-bond acceptors (Lipinski definition) is 5. The summed E-state index contributed by atoms with van der Waals surface area (Å²) in [5.74, 6) is -0.928. The average molecular weight is 407 g/mol. The number of carbonyl (C=O) groups is 3. The number of methoxy groups -OCH3 is 1. The van der Waals surface area contributed by atoms with Crippen molar-refractivity contribution in [2.75, 3.05) is 25.5 Å². The summed E-state index contributed by atoms with van der Waals surface area (Å²) in [7, 11) is 1.29. The minimum Gasteiger partial charge on any atom is -0.465 e. The standard InChI is InChI=1S/C19H19ClN2O4S/c1-26-19(25)16-8-7-15(27-16)17(23)21-12-5-6-13(14(20)11-12)18(24)22-9-3-2-4-10-22/h5-8,11H,2-4,9-10H2,1H3,(H,21,23). The summed E-state index contributed by atoms with van der Waals surface area (Å²) in [6, 6.07) is 7.94. The van der Waals surface area contributed by atoms with E-state index in [0.29, 0.717) is 26.0 Å². The summed E-state index contributed by atoms with van der Waals surface area (Å²) in [6.07, 6.45) is 3.15. The molecule has 2 aromatic rings. The first-order chi connectivity index (χ1) is 13.0. The van der Waals surface area contributed by atoms with Gasteiger partial charge in [-0.15, -0.1) is 11.3 Å². The third-order valence-electron chi connectivity index (χ3n) is 4.32. The highest BCUT2D eigenvalue weighted by atomic mass is 35.5. The number of likely N-dealkylation sites (tertiary alicyclic amines) is 1. The van der Waals surface area contributed by atoms with Crippen LogP contribution >= 0.6 is 22.9 Å². The van der Waals surface area contributed by atoms with E-state index in [1.54, 1.807) is 30.3 Å². The van der Waals surface area contributed by atoms with Gasteiger partial charge in [0.2, 0.25) is 0 Å². The maximum Gasteiger partial charge on any atom is 0.348 e. The van der Waals surface area contributed by atoms with Crippen LogP contribution in [0.4, 0.5) is 5.69 Å². The van der Waals surface area contributed by atoms with E-state index in [2.05, 4.69) is 10.1 Å². The van der Waals surface area contributed by atoms with E-state index >= 15 is 0 Å². The number of carbonyl (C=O) groups excluding carboxylic acids is 3. The van der Waals surface area contributed by atoms with Crippen molar-refractivity contribution in [1.82, 2.24) is 4.90 Å². The molecule has 6 nitrogen and oxygen atoms in total. The monoisotopic (exact) mass is 406 g/mol. The van der Waals surface area contributed by atoms with E-state index in [4.69, 9.17) is 11.6 Å². The summed E-state index contributed by atoms with van der Waals surface area (Å²) in [5.41, 5.74) is 0.911. The zero-order valence-corrected chi connectivity index (χ0v) is 16.4. The molecule has 0 radical (unpaired) electrons. The van der Waals surface area contributed by atoms with Gasteiger partial charge in [-0.1, -0.05) is 11.6 Å². The molecular weight excluding hydrogens is 388 g/mol. The number of esters is 1. The van der Waals surface area contributed by atoms with Crippen LogP contribution in [0, 0.1) is 0 Å². The quantitative estimate of drug-likeness (QED) is 0.776. The van der Waals surface area contributed by atoms with E-state index < -0.39 is 5.97 Å². The number of anilines is 1. The lowest BCUT2D eigenvalue weighted by molar-refractivity contribution is 0.0605. The lowest BCUT2D eigenvalue weighted by atomic mass is 10.1. The van der Waals surface area contributed by atoms with Gasteiger partial charge < -0.3 is 15.0 Å². The molecule has 1 fully saturated rings. The molecule has 0 aliphatic carbocycles. The number of rotatable bonds is 4. The topological polar surface area (TPSA) is 75.7 Å². The van der Waals surface area contributed by atoms with Crippen LogP contribution in [0.3, 0.4) is 0 Å². The minimum atomic E-state index is -0.484. The van der Waals surface area contributed by atoms with Crippen LogP contribution in [0.2, 0.25) is 5.02 Å². The number of halogens is 1. The van der Waals surface area contributed by atoms with Crippen molar-refractivity contribution in [3.63, 3.8) is 0 Å². The third-order valence-corrected chi connectivity index (χ3v) is 5.69. The van der Waals surface area contributed by atoms with E-state index in [1.807, 2.05) is 4.90 Å². The Labute approximate surface area is 166 Å². The molecule has 142 valence electrons. The Morgan fingerprint density at radius 2 is 1.78 bits per heavy atom. The van der Waals surface area contributed by atoms with Crippen LogP contribution in [0.1, 0.15) is 49.0 Å². The maximum absolute atomic E-state index is 12.6. The second-order valence-electron chi connectivity index (χ2n) is 6.16. The number of hydrogen-bond donors (Lipinski definition) is 1. The third kappa shape index (κ3) is 4.48. The molecule has 2 amide bonds. The highest BCUT2D eigenvalue weighted by Crippen LogP contribution is 2.25. The van der Waals surface area contributed by atoms with E-state index in [-0.39, 0.29) is 11.8 Å². The number of nitrogens with zero attached hydrogens (tertiary/aromatic N) is 1. The van der Waals surface area contributed by atoms with Crippen molar-refractivity contribution < 1.29 is 19.1 Å². The van der Waals surface area contributed by atoms with Crippen LogP contribution < -0.4 is 5.32 Å². The lowest BCUT2D eigenvalue weighted by Crippen LogP contribution is -2.35. The number of nitrogens with one attached hydrogen (secondary N) is 1. The summed E-state index contributed by atoms with van der Waals surface area (Å²) < 4.78 is 4.64. The normalized spacial score (nSPS) is 13.9. The van der Waals surface area contributed by atoms with Gasteiger partial charge in [-0.2, -0.15) is 0 Å². The van der Waals surface area contributed by atoms with Crippen LogP contribution in [0.25, 0.3) is 0 Å². The van der Waals surface area contributed by atoms with Crippen LogP contribution in [0.5, 0.6) is 0 Å². The molecule has 1 aliphatic rings. The summed E-state index contributed by atoms with van der Waals surface area (Å²) in [6.45, 7) is 1.49. The molecule has 0 atom stereocenters. The highest BCUT2D eigenvalue weighted by molar-refractivity contribution is 7.16. The minimum absolute atomic E-state index is 0.0847. The Kier molecular flexibility index (Phi) is 6.13. The molecule has 1 saturated heterocycles. The molecule has 0 bridgehead atoms. The van der Waals surface area contributed by atoms with Gasteiger partial charge in [0.25, 0.3) is 11.8 Å². The van der Waals surface area contributed by atoms with E-state index in [9.17, 15) is 14.4 Å². The SMILES string of the molecule is COC(=O)c1ccc(C(=O)Nc2ccc(C(=O)N3CCCCC3)c(Cl)c2)s1. The smallest absolute Gasteiger partial charge is 0.348 e. The lowest BCUT2D eigenvalue weighted by Gasteiger charge is -2.27. The molecular formula is C19H19ClN2O4S. The van der Waals surface area contributed by atoms with Gasteiger partial charge in [0.05, 0.1) is 22.6 Å². The molecule has 0 unspecified atom stereocenters. The predicted molar refractivity (Wildman–Crippen MR) is 105 cm³/mol. The fourth-order valence-electron chi connectivity index (χ4n) is 2.90. The zero-order chi connectivity index (χ0) is 19.4. The molecule has 2 heterocycles. The maximum atomic E-state index is 12.6. The fourth-order valence-corrected chi connectivity index (χ4v) is 3.98. The molecule has 27 heavy (non-hydrogen) atoms. The summed E-state index contributed by atoms with van der Waals surface area (Å²) in [4.78, 5) is 38.9. The molecule has 8 heteroatoms. The van der Waals surface area contributed by atoms with Gasteiger partial charge in [-0.25, -0.2) is 4.79 Å². The first-order valence-electron chi connectivity index (χ1n) is 8.58. The molecule has 1 N–H and O–H groups in total. The largest absolute Gasteiger partial charge is 0.465 e. The number of amides is 2. The number of thiophene rings is 1. The van der Waals surface area contributed by atoms with Gasteiger partial charge in [0, 0.05) is 18.8 Å². The number of ether oxygens (including phenoxy) is 1. The second-order valence-corrected chi connectivity index (χ2v) is 7.65. The molecule has 0 spiro atoms. The average Bonchev–Trinajstić information content (AvgIpc) is 3.18. The van der Waals surface area contributed by atoms with Crippen LogP contribution in [-0.2, 0) is 4.74 Å². The Bertz CT molecular complexity index is 874. The summed E-state index contributed by atoms with van der Waals surface area (Å²) >= 11 is 7.32. The van der Waals surface area contributed by atoms with Crippen molar-refractivity contribution >= 4 is 46.4 Å². The van der Waals surface area contributed by atoms with Crippen molar-refractivity contribution in [3.8, 4) is 0 Å². The van der Waals surface area contributed by atoms with Crippen LogP contribution in [-0.4, -0.2) is 42.9 Å². The van der Waals surface area contributed by atoms with Gasteiger partial charge in [0.15, 0.2) is 0 Å². The van der Waals surface area contributed by atoms with E-state index in [0.717, 1.165) is 43.7 Å². The second kappa shape index (κ2) is 8.54.